The van der Waals surface area contributed by atoms with Gasteiger partial charge in [0.05, 0.1) is 18.5 Å². The van der Waals surface area contributed by atoms with Gasteiger partial charge >= 0.3 is 0 Å². The zero-order valence-electron chi connectivity index (χ0n) is 19.2. The number of aromatic nitrogens is 2. The Kier molecular flexibility index (Phi) is 7.02. The lowest BCUT2D eigenvalue weighted by molar-refractivity contribution is -0.114. The number of nitrogens with one attached hydrogen (secondary N) is 2. The van der Waals surface area contributed by atoms with Crippen molar-refractivity contribution in [3.63, 3.8) is 0 Å². The number of amides is 2. The number of anilines is 2. The lowest BCUT2D eigenvalue weighted by Gasteiger charge is -2.08. The fourth-order valence-electron chi connectivity index (χ4n) is 3.51. The molecular weight excluding hydrogens is 447 g/mol. The zero-order valence-corrected chi connectivity index (χ0v) is 19.2. The molecule has 4 aromatic rings. The van der Waals surface area contributed by atoms with Crippen LogP contribution in [0.15, 0.2) is 85.1 Å². The molecule has 0 aliphatic carbocycles. The number of hydrogen-bond donors (Lipinski definition) is 2. The normalized spacial score (nSPS) is 10.8. The Morgan fingerprint density at radius 2 is 1.74 bits per heavy atom. The number of carbonyl (C=O) groups excluding carboxylic acids is 2. The molecule has 0 aliphatic rings. The van der Waals surface area contributed by atoms with Crippen molar-refractivity contribution in [3.8, 4) is 22.7 Å². The van der Waals surface area contributed by atoms with E-state index in [2.05, 4.69) is 10.6 Å². The second kappa shape index (κ2) is 10.5. The van der Waals surface area contributed by atoms with Crippen molar-refractivity contribution in [2.45, 2.75) is 6.92 Å². The molecule has 4 rings (SSSR count). The quantitative estimate of drug-likeness (QED) is 0.359. The summed E-state index contributed by atoms with van der Waals surface area (Å²) in [5, 5.41) is 9.81. The molecule has 1 aromatic heterocycles. The van der Waals surface area contributed by atoms with E-state index in [1.807, 2.05) is 60.8 Å². The van der Waals surface area contributed by atoms with Crippen molar-refractivity contribution in [1.82, 2.24) is 9.78 Å². The fourth-order valence-corrected chi connectivity index (χ4v) is 3.51. The Bertz CT molecular complexity index is 1400. The van der Waals surface area contributed by atoms with Gasteiger partial charge in [-0.1, -0.05) is 30.3 Å². The zero-order chi connectivity index (χ0) is 24.8. The van der Waals surface area contributed by atoms with E-state index in [9.17, 15) is 14.0 Å². The molecule has 3 aromatic carbocycles. The first-order valence-electron chi connectivity index (χ1n) is 10.8. The Morgan fingerprint density at radius 3 is 2.49 bits per heavy atom. The predicted molar refractivity (Wildman–Crippen MR) is 134 cm³/mol. The number of methoxy groups -OCH3 is 1. The third-order valence-electron chi connectivity index (χ3n) is 5.08. The number of carbonyl (C=O) groups is 2. The van der Waals surface area contributed by atoms with E-state index in [1.54, 1.807) is 17.9 Å². The molecule has 35 heavy (non-hydrogen) atoms. The van der Waals surface area contributed by atoms with Crippen LogP contribution in [0.25, 0.3) is 23.0 Å². The molecule has 0 saturated carbocycles. The van der Waals surface area contributed by atoms with Gasteiger partial charge in [0.1, 0.15) is 17.3 Å². The average molecular weight is 471 g/mol. The second-order valence-corrected chi connectivity index (χ2v) is 7.61. The first-order valence-corrected chi connectivity index (χ1v) is 10.8. The number of para-hydroxylation sites is 2. The predicted octanol–water partition coefficient (Wildman–Crippen LogP) is 5.30. The van der Waals surface area contributed by atoms with Gasteiger partial charge in [-0.3, -0.25) is 9.59 Å². The molecule has 2 N–H and O–H groups in total. The Morgan fingerprint density at radius 1 is 1.00 bits per heavy atom. The maximum Gasteiger partial charge on any atom is 0.248 e. The van der Waals surface area contributed by atoms with Crippen LogP contribution >= 0.6 is 0 Å². The molecule has 0 aliphatic heterocycles. The van der Waals surface area contributed by atoms with Crippen molar-refractivity contribution < 1.29 is 18.7 Å². The second-order valence-electron chi connectivity index (χ2n) is 7.61. The van der Waals surface area contributed by atoms with Crippen LogP contribution in [0.2, 0.25) is 0 Å². The van der Waals surface area contributed by atoms with Gasteiger partial charge in [-0.25, -0.2) is 9.07 Å². The number of ether oxygens (including phenoxy) is 1. The Labute approximate surface area is 201 Å². The van der Waals surface area contributed by atoms with Gasteiger partial charge in [-0.15, -0.1) is 0 Å². The van der Waals surface area contributed by atoms with Crippen LogP contribution in [0.4, 0.5) is 15.8 Å². The van der Waals surface area contributed by atoms with Crippen LogP contribution < -0.4 is 15.4 Å². The van der Waals surface area contributed by atoms with E-state index < -0.39 is 17.6 Å². The molecule has 176 valence electrons. The summed E-state index contributed by atoms with van der Waals surface area (Å²) in [6.45, 7) is 1.28. The summed E-state index contributed by atoms with van der Waals surface area (Å²) < 4.78 is 21.1. The summed E-state index contributed by atoms with van der Waals surface area (Å²) in [7, 11) is 1.59. The molecule has 0 spiro atoms. The minimum absolute atomic E-state index is 0.0122. The number of nitrogens with zero attached hydrogens (tertiary/aromatic N) is 2. The first kappa shape index (κ1) is 23.4. The van der Waals surface area contributed by atoms with Crippen molar-refractivity contribution in [2.24, 2.45) is 0 Å². The first-order chi connectivity index (χ1) is 16.9. The van der Waals surface area contributed by atoms with Gasteiger partial charge in [0.15, 0.2) is 0 Å². The van der Waals surface area contributed by atoms with Crippen molar-refractivity contribution in [3.05, 3.63) is 96.4 Å². The van der Waals surface area contributed by atoms with E-state index >= 15 is 0 Å². The van der Waals surface area contributed by atoms with Crippen molar-refractivity contribution in [2.75, 3.05) is 17.7 Å². The van der Waals surface area contributed by atoms with Crippen molar-refractivity contribution in [1.29, 1.82) is 0 Å². The number of hydrogen-bond acceptors (Lipinski definition) is 4. The highest BCUT2D eigenvalue weighted by Gasteiger charge is 2.15. The summed E-state index contributed by atoms with van der Waals surface area (Å²) in [4.78, 5) is 23.9. The topological polar surface area (TPSA) is 85.2 Å². The summed E-state index contributed by atoms with van der Waals surface area (Å²) in [6.07, 6.45) is 4.85. The number of halogens is 1. The van der Waals surface area contributed by atoms with Crippen LogP contribution in [0, 0.1) is 5.82 Å². The third kappa shape index (κ3) is 5.62. The van der Waals surface area contributed by atoms with Gasteiger partial charge in [-0.05, 0) is 48.5 Å². The number of benzene rings is 3. The highest BCUT2D eigenvalue weighted by Crippen LogP contribution is 2.32. The van der Waals surface area contributed by atoms with E-state index in [-0.39, 0.29) is 5.69 Å². The minimum atomic E-state index is -0.594. The van der Waals surface area contributed by atoms with Gasteiger partial charge in [0, 0.05) is 36.0 Å². The third-order valence-corrected chi connectivity index (χ3v) is 5.08. The standard InChI is InChI=1S/C27H23FN4O3/c1-18(33)29-24-16-20(13-14-23(24)28)30-26(34)15-12-19-17-32(21-8-4-3-5-9-21)31-27(19)22-10-6-7-11-25(22)35-2/h3-17H,1-2H3,(H,29,33)(H,30,34)/b15-12+. The summed E-state index contributed by atoms with van der Waals surface area (Å²) in [5.41, 5.74) is 3.32. The summed E-state index contributed by atoms with van der Waals surface area (Å²) in [6, 6.07) is 21.1. The lowest BCUT2D eigenvalue weighted by atomic mass is 10.1. The lowest BCUT2D eigenvalue weighted by Crippen LogP contribution is -2.10. The van der Waals surface area contributed by atoms with Crippen molar-refractivity contribution >= 4 is 29.3 Å². The van der Waals surface area contributed by atoms with E-state index in [4.69, 9.17) is 9.84 Å². The fraction of sp³-hybridized carbons (Fsp3) is 0.0741. The van der Waals surface area contributed by atoms with Crippen LogP contribution in [-0.2, 0) is 9.59 Å². The SMILES string of the molecule is COc1ccccc1-c1nn(-c2ccccc2)cc1/C=C/C(=O)Nc1ccc(F)c(NC(C)=O)c1. The Hall–Kier alpha value is -4.72. The average Bonchev–Trinajstić information content (AvgIpc) is 3.29. The largest absolute Gasteiger partial charge is 0.496 e. The molecule has 0 atom stereocenters. The molecular formula is C27H23FN4O3. The molecule has 0 bridgehead atoms. The van der Waals surface area contributed by atoms with E-state index in [0.717, 1.165) is 11.3 Å². The van der Waals surface area contributed by atoms with Crippen LogP contribution in [0.3, 0.4) is 0 Å². The highest BCUT2D eigenvalue weighted by atomic mass is 19.1. The highest BCUT2D eigenvalue weighted by molar-refractivity contribution is 6.03. The van der Waals surface area contributed by atoms with E-state index in [1.165, 1.54) is 31.2 Å². The molecule has 0 fully saturated rings. The van der Waals surface area contributed by atoms with Gasteiger partial charge in [-0.2, -0.15) is 5.10 Å². The van der Waals surface area contributed by atoms with Crippen LogP contribution in [0.5, 0.6) is 5.75 Å². The molecule has 8 heteroatoms. The molecule has 2 amide bonds. The van der Waals surface area contributed by atoms with Crippen LogP contribution in [0.1, 0.15) is 12.5 Å². The maximum atomic E-state index is 13.9. The maximum absolute atomic E-state index is 13.9. The monoisotopic (exact) mass is 470 g/mol. The molecule has 7 nitrogen and oxygen atoms in total. The smallest absolute Gasteiger partial charge is 0.248 e. The molecule has 0 saturated heterocycles. The van der Waals surface area contributed by atoms with Crippen LogP contribution in [-0.4, -0.2) is 28.7 Å². The Balaban J connectivity index is 1.64. The summed E-state index contributed by atoms with van der Waals surface area (Å²) >= 11 is 0. The number of rotatable bonds is 7. The van der Waals surface area contributed by atoms with E-state index in [0.29, 0.717) is 22.7 Å². The summed E-state index contributed by atoms with van der Waals surface area (Å²) in [5.74, 6) is -0.777. The molecule has 0 radical (unpaired) electrons. The molecule has 1 heterocycles. The van der Waals surface area contributed by atoms with Gasteiger partial charge in [0.25, 0.3) is 0 Å². The van der Waals surface area contributed by atoms with Gasteiger partial charge < -0.3 is 15.4 Å². The van der Waals surface area contributed by atoms with Gasteiger partial charge in [0.2, 0.25) is 11.8 Å². The molecule has 0 unspecified atom stereocenters. The minimum Gasteiger partial charge on any atom is -0.496 e.